The molecule has 0 atom stereocenters. The van der Waals surface area contributed by atoms with Gasteiger partial charge in [0.2, 0.25) is 0 Å². The van der Waals surface area contributed by atoms with Gasteiger partial charge in [-0.2, -0.15) is 0 Å². The molecule has 1 fully saturated rings. The van der Waals surface area contributed by atoms with E-state index >= 15 is 0 Å². The minimum atomic E-state index is -0.790. The van der Waals surface area contributed by atoms with Crippen LogP contribution in [0.5, 0.6) is 0 Å². The van der Waals surface area contributed by atoms with Gasteiger partial charge in [0.25, 0.3) is 0 Å². The number of benzene rings is 1. The van der Waals surface area contributed by atoms with E-state index in [9.17, 15) is 14.3 Å². The largest absolute Gasteiger partial charge is 0.481 e. The van der Waals surface area contributed by atoms with Crippen LogP contribution in [0.1, 0.15) is 31.2 Å². The molecule has 0 spiro atoms. The fourth-order valence-electron chi connectivity index (χ4n) is 2.59. The van der Waals surface area contributed by atoms with Gasteiger partial charge in [0.05, 0.1) is 14.9 Å². The van der Waals surface area contributed by atoms with E-state index in [1.165, 1.54) is 6.07 Å². The molecule has 5 heteroatoms. The molecule has 2 rings (SSSR count). The zero-order chi connectivity index (χ0) is 13.3. The highest BCUT2D eigenvalue weighted by Crippen LogP contribution is 2.43. The quantitative estimate of drug-likeness (QED) is 0.830. The first-order valence-corrected chi connectivity index (χ1v) is 6.99. The van der Waals surface area contributed by atoms with Crippen LogP contribution in [0, 0.1) is 11.2 Å². The Morgan fingerprint density at radius 1 is 1.44 bits per heavy atom. The average molecular weight is 336 g/mol. The molecule has 0 radical (unpaired) electrons. The maximum Gasteiger partial charge on any atom is 0.309 e. The Labute approximate surface area is 118 Å². The van der Waals surface area contributed by atoms with E-state index < -0.39 is 17.2 Å². The first-order valence-electron chi connectivity index (χ1n) is 5.82. The molecule has 0 aromatic heterocycles. The van der Waals surface area contributed by atoms with Crippen molar-refractivity contribution in [3.05, 3.63) is 33.0 Å². The van der Waals surface area contributed by atoms with Crippen LogP contribution in [0.4, 0.5) is 4.39 Å². The Balaban J connectivity index is 2.33. The number of aliphatic carboxylic acids is 1. The fraction of sp³-hybridized carbons (Fsp3) is 0.462. The van der Waals surface area contributed by atoms with Gasteiger partial charge in [-0.3, -0.25) is 4.79 Å². The molecule has 18 heavy (non-hydrogen) atoms. The maximum atomic E-state index is 13.7. The predicted octanol–water partition coefficient (Wildman–Crippen LogP) is 4.43. The highest BCUT2D eigenvalue weighted by Gasteiger charge is 2.41. The normalized spacial score (nSPS) is 17.9. The molecule has 2 nitrogen and oxygen atoms in total. The molecular formula is C13H13BrClFO2. The van der Waals surface area contributed by atoms with E-state index in [1.54, 1.807) is 6.07 Å². The lowest BCUT2D eigenvalue weighted by Gasteiger charge is -2.24. The molecule has 1 saturated carbocycles. The lowest BCUT2D eigenvalue weighted by Crippen LogP contribution is -2.30. The third-order valence-electron chi connectivity index (χ3n) is 3.66. The molecule has 1 N–H and O–H groups in total. The van der Waals surface area contributed by atoms with Crippen molar-refractivity contribution in [2.75, 3.05) is 0 Å². The summed E-state index contributed by atoms with van der Waals surface area (Å²) >= 11 is 8.84. The number of carbonyl (C=O) groups is 1. The molecule has 98 valence electrons. The third-order valence-corrected chi connectivity index (χ3v) is 4.81. The molecule has 1 aliphatic rings. The van der Waals surface area contributed by atoms with E-state index in [0.29, 0.717) is 24.8 Å². The number of hydrogen-bond acceptors (Lipinski definition) is 1. The first kappa shape index (κ1) is 13.8. The lowest BCUT2D eigenvalue weighted by atomic mass is 9.80. The second kappa shape index (κ2) is 5.17. The summed E-state index contributed by atoms with van der Waals surface area (Å²) in [5.41, 5.74) is -0.0795. The van der Waals surface area contributed by atoms with Crippen LogP contribution in [-0.4, -0.2) is 11.1 Å². The van der Waals surface area contributed by atoms with Gasteiger partial charge in [0.15, 0.2) is 5.82 Å². The first-order chi connectivity index (χ1) is 8.46. The molecule has 1 aliphatic carbocycles. The molecule has 0 bridgehead atoms. The number of carboxylic acids is 1. The summed E-state index contributed by atoms with van der Waals surface area (Å²) < 4.78 is 13.9. The predicted molar refractivity (Wildman–Crippen MR) is 71.4 cm³/mol. The summed E-state index contributed by atoms with van der Waals surface area (Å²) in [4.78, 5) is 11.5. The minimum absolute atomic E-state index is 0.0430. The number of rotatable bonds is 3. The van der Waals surface area contributed by atoms with Crippen molar-refractivity contribution < 1.29 is 14.3 Å². The average Bonchev–Trinajstić information content (AvgIpc) is 2.80. The van der Waals surface area contributed by atoms with Crippen molar-refractivity contribution in [2.24, 2.45) is 5.41 Å². The van der Waals surface area contributed by atoms with Gasteiger partial charge in [0, 0.05) is 0 Å². The molecule has 1 aromatic rings. The maximum absolute atomic E-state index is 13.7. The Kier molecular flexibility index (Phi) is 3.97. The molecule has 0 unspecified atom stereocenters. The fourth-order valence-corrected chi connectivity index (χ4v) is 3.34. The minimum Gasteiger partial charge on any atom is -0.481 e. The van der Waals surface area contributed by atoms with E-state index in [0.717, 1.165) is 12.8 Å². The number of hydrogen-bond donors (Lipinski definition) is 1. The van der Waals surface area contributed by atoms with E-state index in [-0.39, 0.29) is 9.50 Å². The van der Waals surface area contributed by atoms with Crippen molar-refractivity contribution in [1.29, 1.82) is 0 Å². The van der Waals surface area contributed by atoms with Gasteiger partial charge in [-0.05, 0) is 46.8 Å². The van der Waals surface area contributed by atoms with Gasteiger partial charge >= 0.3 is 5.97 Å². The summed E-state index contributed by atoms with van der Waals surface area (Å²) in [6.45, 7) is 0. The van der Waals surface area contributed by atoms with Crippen LogP contribution in [0.25, 0.3) is 0 Å². The zero-order valence-corrected chi connectivity index (χ0v) is 12.0. The molecule has 0 aliphatic heterocycles. The van der Waals surface area contributed by atoms with Crippen molar-refractivity contribution in [2.45, 2.75) is 32.1 Å². The highest BCUT2D eigenvalue weighted by atomic mass is 79.9. The molecule has 0 heterocycles. The Morgan fingerprint density at radius 3 is 2.61 bits per heavy atom. The summed E-state index contributed by atoms with van der Waals surface area (Å²) in [5.74, 6) is -1.31. The molecule has 1 aromatic carbocycles. The summed E-state index contributed by atoms with van der Waals surface area (Å²) in [7, 11) is 0. The molecular weight excluding hydrogens is 322 g/mol. The van der Waals surface area contributed by atoms with Gasteiger partial charge in [-0.25, -0.2) is 4.39 Å². The van der Waals surface area contributed by atoms with Crippen molar-refractivity contribution in [3.63, 3.8) is 0 Å². The van der Waals surface area contributed by atoms with Crippen molar-refractivity contribution in [3.8, 4) is 0 Å². The Bertz CT molecular complexity index is 484. The highest BCUT2D eigenvalue weighted by molar-refractivity contribution is 9.10. The Morgan fingerprint density at radius 2 is 2.06 bits per heavy atom. The van der Waals surface area contributed by atoms with Crippen LogP contribution >= 0.6 is 27.5 Å². The second-order valence-corrected chi connectivity index (χ2v) is 6.00. The standard InChI is InChI=1S/C13H13BrClFO2/c14-10-8(3-4-9(15)11(10)16)7-13(12(17)18)5-1-2-6-13/h3-4H,1-2,5-7H2,(H,17,18). The smallest absolute Gasteiger partial charge is 0.309 e. The van der Waals surface area contributed by atoms with E-state index in [1.807, 2.05) is 0 Å². The van der Waals surface area contributed by atoms with Gasteiger partial charge < -0.3 is 5.11 Å². The Hall–Kier alpha value is -0.610. The van der Waals surface area contributed by atoms with Crippen LogP contribution in [-0.2, 0) is 11.2 Å². The second-order valence-electron chi connectivity index (χ2n) is 4.80. The van der Waals surface area contributed by atoms with Gasteiger partial charge in [-0.1, -0.05) is 30.5 Å². The zero-order valence-electron chi connectivity index (χ0n) is 9.68. The summed E-state index contributed by atoms with van der Waals surface area (Å²) in [6.07, 6.45) is 3.48. The lowest BCUT2D eigenvalue weighted by molar-refractivity contribution is -0.148. The van der Waals surface area contributed by atoms with Crippen LogP contribution in [0.15, 0.2) is 16.6 Å². The number of carboxylic acid groups (broad SMARTS) is 1. The van der Waals surface area contributed by atoms with Gasteiger partial charge in [0.1, 0.15) is 0 Å². The van der Waals surface area contributed by atoms with Crippen LogP contribution in [0.3, 0.4) is 0 Å². The van der Waals surface area contributed by atoms with E-state index in [2.05, 4.69) is 15.9 Å². The van der Waals surface area contributed by atoms with E-state index in [4.69, 9.17) is 11.6 Å². The third kappa shape index (κ3) is 2.41. The monoisotopic (exact) mass is 334 g/mol. The number of halogens is 3. The van der Waals surface area contributed by atoms with Crippen LogP contribution < -0.4 is 0 Å². The summed E-state index contributed by atoms with van der Waals surface area (Å²) in [5, 5.41) is 9.45. The van der Waals surface area contributed by atoms with Crippen LogP contribution in [0.2, 0.25) is 5.02 Å². The summed E-state index contributed by atoms with van der Waals surface area (Å²) in [6, 6.07) is 3.17. The molecule has 0 saturated heterocycles. The molecule has 0 amide bonds. The van der Waals surface area contributed by atoms with Crippen molar-refractivity contribution in [1.82, 2.24) is 0 Å². The SMILES string of the molecule is O=C(O)C1(Cc2ccc(Cl)c(F)c2Br)CCCC1. The van der Waals surface area contributed by atoms with Crippen molar-refractivity contribution >= 4 is 33.5 Å². The topological polar surface area (TPSA) is 37.3 Å². The van der Waals surface area contributed by atoms with Gasteiger partial charge in [-0.15, -0.1) is 0 Å².